The predicted octanol–water partition coefficient (Wildman–Crippen LogP) is -10.9. The Labute approximate surface area is 175 Å². The molecule has 0 aromatic carbocycles. The zero-order chi connectivity index (χ0) is 11.5. The number of aliphatic carboxylic acids is 3. The van der Waals surface area contributed by atoms with E-state index in [1.54, 1.807) is 0 Å². The number of hydrogen-bond acceptors (Lipinski definition) is 7. The van der Waals surface area contributed by atoms with Crippen LogP contribution in [0.1, 0.15) is 6.42 Å². The fraction of sp³-hybridized carbons (Fsp3) is 0.500. The molecule has 2 atom stereocenters. The van der Waals surface area contributed by atoms with Crippen molar-refractivity contribution in [2.75, 3.05) is 0 Å². The summed E-state index contributed by atoms with van der Waals surface area (Å²) in [5.41, 5.74) is -3.40. The molecule has 2 unspecified atom stereocenters. The Bertz CT molecular complexity index is 280. The van der Waals surface area contributed by atoms with Crippen LogP contribution in [-0.2, 0) is 14.4 Å². The van der Waals surface area contributed by atoms with Gasteiger partial charge in [-0.25, -0.2) is 4.79 Å². The van der Waals surface area contributed by atoms with Gasteiger partial charge in [0.2, 0.25) is 0 Å². The van der Waals surface area contributed by atoms with Crippen LogP contribution in [0, 0.1) is 0 Å². The monoisotopic (exact) mass is 284 g/mol. The van der Waals surface area contributed by atoms with Gasteiger partial charge in [-0.1, -0.05) is 0 Å². The summed E-state index contributed by atoms with van der Waals surface area (Å²) in [6, 6.07) is 0. The predicted molar refractivity (Wildman–Crippen MR) is 33.2 cm³/mol. The third-order valence-electron chi connectivity index (χ3n) is 1.45. The molecule has 3 N–H and O–H groups in total. The molecule has 0 aromatic heterocycles. The van der Waals surface area contributed by atoms with Gasteiger partial charge in [-0.05, 0) is 0 Å². The van der Waals surface area contributed by atoms with Crippen LogP contribution in [0.3, 0.4) is 0 Å². The molecule has 0 heterocycles. The van der Waals surface area contributed by atoms with E-state index in [1.807, 2.05) is 0 Å². The SMILES string of the molecule is O=C([O-])CC(O)(C(=O)[O-])C(O)C(=O)O.[K+].[K+]. The van der Waals surface area contributed by atoms with Gasteiger partial charge in [-0.3, -0.25) is 0 Å². The molecule has 0 saturated heterocycles. The van der Waals surface area contributed by atoms with E-state index in [2.05, 4.69) is 0 Å². The smallest absolute Gasteiger partial charge is 0.550 e. The molecule has 0 fully saturated rings. The van der Waals surface area contributed by atoms with Gasteiger partial charge in [0.1, 0.15) is 5.60 Å². The van der Waals surface area contributed by atoms with Gasteiger partial charge < -0.3 is 35.1 Å². The fourth-order valence-corrected chi connectivity index (χ4v) is 0.705. The Morgan fingerprint density at radius 2 is 1.56 bits per heavy atom. The molecule has 0 bridgehead atoms. The number of carbonyl (C=O) groups is 3. The summed E-state index contributed by atoms with van der Waals surface area (Å²) in [6.07, 6.45) is -4.38. The van der Waals surface area contributed by atoms with Crippen molar-refractivity contribution in [1.82, 2.24) is 0 Å². The number of carboxylic acid groups (broad SMARTS) is 3. The first kappa shape index (κ1) is 22.8. The van der Waals surface area contributed by atoms with Gasteiger partial charge in [-0.2, -0.15) is 0 Å². The Hall–Kier alpha value is 1.60. The first-order valence-corrected chi connectivity index (χ1v) is 3.26. The quantitative estimate of drug-likeness (QED) is 0.420. The van der Waals surface area contributed by atoms with E-state index in [1.165, 1.54) is 0 Å². The minimum Gasteiger partial charge on any atom is -0.550 e. The van der Waals surface area contributed by atoms with Crippen LogP contribution in [0.4, 0.5) is 0 Å². The van der Waals surface area contributed by atoms with Crippen molar-refractivity contribution in [2.24, 2.45) is 0 Å². The molecule has 0 amide bonds. The maximum absolute atomic E-state index is 10.2. The summed E-state index contributed by atoms with van der Waals surface area (Å²) in [4.78, 5) is 30.3. The molecule has 0 aliphatic heterocycles. The van der Waals surface area contributed by atoms with Crippen LogP contribution in [0.25, 0.3) is 0 Å². The number of carbonyl (C=O) groups excluding carboxylic acids is 2. The Morgan fingerprint density at radius 1 is 1.19 bits per heavy atom. The molecule has 0 saturated carbocycles. The summed E-state index contributed by atoms with van der Waals surface area (Å²) in [5, 5.41) is 46.1. The second-order valence-corrected chi connectivity index (χ2v) is 2.50. The first-order valence-electron chi connectivity index (χ1n) is 3.26. The number of rotatable bonds is 5. The van der Waals surface area contributed by atoms with E-state index < -0.39 is 36.0 Å². The van der Waals surface area contributed by atoms with E-state index in [-0.39, 0.29) is 103 Å². The van der Waals surface area contributed by atoms with Crippen LogP contribution in [0.15, 0.2) is 0 Å². The number of hydrogen-bond donors (Lipinski definition) is 3. The average Bonchev–Trinajstić information content (AvgIpc) is 2.00. The van der Waals surface area contributed by atoms with Crippen LogP contribution < -0.4 is 113 Å². The molecule has 0 aromatic rings. The zero-order valence-electron chi connectivity index (χ0n) is 8.67. The van der Waals surface area contributed by atoms with Gasteiger partial charge in [0.25, 0.3) is 0 Å². The maximum atomic E-state index is 10.2. The summed E-state index contributed by atoms with van der Waals surface area (Å²) >= 11 is 0. The van der Waals surface area contributed by atoms with Gasteiger partial charge >= 0.3 is 109 Å². The van der Waals surface area contributed by atoms with Crippen LogP contribution in [-0.4, -0.2) is 44.9 Å². The molecule has 80 valence electrons. The van der Waals surface area contributed by atoms with Crippen LogP contribution >= 0.6 is 0 Å². The standard InChI is InChI=1S/C6H8O8.2K/c7-2(8)1-6(14,5(12)13)3(9)4(10)11;;/h3,9,14H,1H2,(H,7,8)(H,10,11)(H,12,13);;/q;2*+1/p-2. The normalized spacial score (nSPS) is 14.6. The van der Waals surface area contributed by atoms with Crippen molar-refractivity contribution >= 4 is 17.9 Å². The molecule has 10 heteroatoms. The van der Waals surface area contributed by atoms with Crippen molar-refractivity contribution in [3.63, 3.8) is 0 Å². The molecule has 0 aliphatic carbocycles. The molecular formula is C6H6K2O8. The summed E-state index contributed by atoms with van der Waals surface area (Å²) in [5.74, 6) is -6.52. The van der Waals surface area contributed by atoms with E-state index >= 15 is 0 Å². The molecule has 0 radical (unpaired) electrons. The average molecular weight is 284 g/mol. The molecule has 0 rings (SSSR count). The molecule has 16 heavy (non-hydrogen) atoms. The Kier molecular flexibility index (Phi) is 13.5. The molecular weight excluding hydrogens is 278 g/mol. The van der Waals surface area contributed by atoms with E-state index in [9.17, 15) is 24.6 Å². The van der Waals surface area contributed by atoms with E-state index in [0.29, 0.717) is 0 Å². The van der Waals surface area contributed by atoms with Crippen LogP contribution in [0.2, 0.25) is 0 Å². The van der Waals surface area contributed by atoms with E-state index in [4.69, 9.17) is 15.3 Å². The number of carboxylic acids is 3. The van der Waals surface area contributed by atoms with E-state index in [0.717, 1.165) is 0 Å². The maximum Gasteiger partial charge on any atom is 1.00 e. The topological polar surface area (TPSA) is 158 Å². The fourth-order valence-electron chi connectivity index (χ4n) is 0.705. The van der Waals surface area contributed by atoms with Gasteiger partial charge in [0.05, 0.1) is 5.97 Å². The summed E-state index contributed by atoms with van der Waals surface area (Å²) in [7, 11) is 0. The van der Waals surface area contributed by atoms with Gasteiger partial charge in [0, 0.05) is 12.4 Å². The summed E-state index contributed by atoms with van der Waals surface area (Å²) < 4.78 is 0. The van der Waals surface area contributed by atoms with Crippen molar-refractivity contribution in [3.8, 4) is 0 Å². The minimum atomic E-state index is -3.40. The zero-order valence-corrected chi connectivity index (χ0v) is 14.9. The molecule has 0 spiro atoms. The van der Waals surface area contributed by atoms with Crippen molar-refractivity contribution < 1.29 is 143 Å². The summed E-state index contributed by atoms with van der Waals surface area (Å²) in [6.45, 7) is 0. The minimum absolute atomic E-state index is 0. The number of aliphatic hydroxyl groups is 2. The number of aliphatic hydroxyl groups excluding tert-OH is 1. The largest absolute Gasteiger partial charge is 1.00 e. The first-order chi connectivity index (χ1) is 6.21. The Morgan fingerprint density at radius 3 is 1.75 bits per heavy atom. The van der Waals surface area contributed by atoms with Crippen molar-refractivity contribution in [2.45, 2.75) is 18.1 Å². The third kappa shape index (κ3) is 6.51. The molecule has 8 nitrogen and oxygen atoms in total. The third-order valence-corrected chi connectivity index (χ3v) is 1.45. The van der Waals surface area contributed by atoms with Crippen molar-refractivity contribution in [1.29, 1.82) is 0 Å². The van der Waals surface area contributed by atoms with Gasteiger partial charge in [-0.15, -0.1) is 0 Å². The van der Waals surface area contributed by atoms with Crippen molar-refractivity contribution in [3.05, 3.63) is 0 Å². The Balaban J connectivity index is -0.000000845. The van der Waals surface area contributed by atoms with Gasteiger partial charge in [0.15, 0.2) is 6.10 Å². The molecule has 0 aliphatic rings. The second kappa shape index (κ2) is 9.52. The van der Waals surface area contributed by atoms with Crippen LogP contribution in [0.5, 0.6) is 0 Å². The second-order valence-electron chi connectivity index (χ2n) is 2.50.